The van der Waals surface area contributed by atoms with Gasteiger partial charge in [0.25, 0.3) is 0 Å². The molecule has 2 fully saturated rings. The van der Waals surface area contributed by atoms with Gasteiger partial charge in [0.05, 0.1) is 33.6 Å². The number of aliphatic hydroxyl groups excluding tert-OH is 1. The zero-order chi connectivity index (χ0) is 35.0. The molecule has 1 aliphatic heterocycles. The van der Waals surface area contributed by atoms with Crippen LogP contribution in [0.5, 0.6) is 0 Å². The third-order valence-corrected chi connectivity index (χ3v) is 10.3. The zero-order valence-electron chi connectivity index (χ0n) is 27.5. The van der Waals surface area contributed by atoms with Gasteiger partial charge < -0.3 is 15.2 Å². The van der Waals surface area contributed by atoms with E-state index in [1.165, 1.54) is 32.9 Å². The summed E-state index contributed by atoms with van der Waals surface area (Å²) in [6, 6.07) is 5.84. The first-order valence-electron chi connectivity index (χ1n) is 15.6. The predicted octanol–water partition coefficient (Wildman–Crippen LogP) is 6.20. The number of ether oxygens (including phenoxy) is 1. The van der Waals surface area contributed by atoms with E-state index in [2.05, 4.69) is 15.0 Å². The molecular formula is C33H44F4N4O5S. The molecule has 1 saturated heterocycles. The predicted molar refractivity (Wildman–Crippen MR) is 170 cm³/mol. The number of nitrogens with one attached hydrogen (secondary N) is 2. The molecule has 2 amide bonds. The number of halogens is 4. The summed E-state index contributed by atoms with van der Waals surface area (Å²) in [6.45, 7) is 7.64. The maximum absolute atomic E-state index is 15.4. The number of carbonyl (C=O) groups excluding carboxylic acids is 2. The average Bonchev–Trinajstić information content (AvgIpc) is 3.71. The summed E-state index contributed by atoms with van der Waals surface area (Å²) in [4.78, 5) is 31.5. The summed E-state index contributed by atoms with van der Waals surface area (Å²) in [5.41, 5.74) is -4.15. The molecule has 9 nitrogen and oxygen atoms in total. The molecule has 3 N–H and O–H groups in total. The lowest BCUT2D eigenvalue weighted by molar-refractivity contribution is -0.230. The molecule has 1 aliphatic carbocycles. The maximum atomic E-state index is 15.4. The first kappa shape index (κ1) is 36.7. The third kappa shape index (κ3) is 8.32. The molecule has 4 rings (SSSR count). The summed E-state index contributed by atoms with van der Waals surface area (Å²) in [5.74, 6) is -1.47. The minimum absolute atomic E-state index is 0.335. The second kappa shape index (κ2) is 13.4. The average molecular weight is 685 g/mol. The smallest absolute Gasteiger partial charge is 0.410 e. The molecule has 4 atom stereocenters. The molecule has 1 saturated carbocycles. The van der Waals surface area contributed by atoms with Crippen molar-refractivity contribution in [1.82, 2.24) is 14.6 Å². The fraction of sp³-hybridized carbons (Fsp3) is 0.606. The number of hydrogen-bond donors (Lipinski definition) is 3. The van der Waals surface area contributed by atoms with Crippen LogP contribution in [0.15, 0.2) is 42.7 Å². The van der Waals surface area contributed by atoms with Crippen LogP contribution < -0.4 is 10.0 Å². The first-order chi connectivity index (χ1) is 21.7. The van der Waals surface area contributed by atoms with Crippen LogP contribution in [0.3, 0.4) is 0 Å². The minimum Gasteiger partial charge on any atom is -0.444 e. The van der Waals surface area contributed by atoms with Gasteiger partial charge in [-0.15, -0.1) is 0 Å². The number of nitrogens with zero attached hydrogens (tertiary/aromatic N) is 2. The Morgan fingerprint density at radius 3 is 2.23 bits per heavy atom. The van der Waals surface area contributed by atoms with E-state index in [-0.39, 0.29) is 5.69 Å². The van der Waals surface area contributed by atoms with Crippen LogP contribution >= 0.6 is 0 Å². The SMILES string of the molecule is CC(C)(C)OC(=O)N1C[C@@](CO)(C(F)(F)F)C[C@@H]1C(=O)Nc1cc(C(CCC2CC2)(N[S@](=O)C(C)(C)C)c2ccncc2)ccc1F. The number of likely N-dealkylation sites (tertiary alicyclic amines) is 1. The number of aromatic nitrogens is 1. The largest absolute Gasteiger partial charge is 0.444 e. The number of carbonyl (C=O) groups is 2. The molecule has 1 unspecified atom stereocenters. The number of rotatable bonds is 10. The van der Waals surface area contributed by atoms with Crippen molar-refractivity contribution in [2.45, 2.75) is 102 Å². The molecule has 2 heterocycles. The monoisotopic (exact) mass is 684 g/mol. The van der Waals surface area contributed by atoms with Gasteiger partial charge in [0.2, 0.25) is 5.91 Å². The van der Waals surface area contributed by atoms with E-state index in [4.69, 9.17) is 4.74 Å². The number of hydrogen-bond acceptors (Lipinski definition) is 6. The molecule has 1 aromatic heterocycles. The fourth-order valence-corrected chi connectivity index (χ4v) is 6.60. The molecule has 47 heavy (non-hydrogen) atoms. The van der Waals surface area contributed by atoms with Gasteiger partial charge in [-0.25, -0.2) is 18.1 Å². The zero-order valence-corrected chi connectivity index (χ0v) is 28.4. The Kier molecular flexibility index (Phi) is 10.5. The van der Waals surface area contributed by atoms with Crippen molar-refractivity contribution in [2.75, 3.05) is 18.5 Å². The van der Waals surface area contributed by atoms with Crippen LogP contribution in [0.2, 0.25) is 0 Å². The normalized spacial score (nSPS) is 22.4. The Morgan fingerprint density at radius 1 is 1.06 bits per heavy atom. The quantitative estimate of drug-likeness (QED) is 0.257. The second-order valence-corrected chi connectivity index (χ2v) is 16.5. The summed E-state index contributed by atoms with van der Waals surface area (Å²) < 4.78 is 79.7. The summed E-state index contributed by atoms with van der Waals surface area (Å²) in [7, 11) is -1.60. The number of benzene rings is 1. The van der Waals surface area contributed by atoms with E-state index in [1.54, 1.807) is 24.5 Å². The van der Waals surface area contributed by atoms with Gasteiger partial charge in [-0.3, -0.25) is 14.7 Å². The van der Waals surface area contributed by atoms with E-state index < -0.39 is 81.9 Å². The standard InChI is InChI=1S/C33H44F4N4O5S/c1-29(2,3)46-28(44)41-19-31(20-42,33(35,36)37)18-26(41)27(43)39-25-17-23(9-10-24(25)34)32(14-11-21-7-8-21,22-12-15-38-16-13-22)40-47(45)30(4,5)6/h9-10,12-13,15-17,21,26,40,42H,7-8,11,14,18-20H2,1-6H3,(H,39,43)/t26-,31+,32?,47-/m1/s1. The van der Waals surface area contributed by atoms with Crippen molar-refractivity contribution in [3.63, 3.8) is 0 Å². The highest BCUT2D eigenvalue weighted by molar-refractivity contribution is 7.84. The number of aliphatic hydroxyl groups is 1. The van der Waals surface area contributed by atoms with Gasteiger partial charge in [-0.2, -0.15) is 13.2 Å². The fourth-order valence-electron chi connectivity index (χ4n) is 5.64. The van der Waals surface area contributed by atoms with E-state index >= 15 is 4.39 Å². The molecule has 2 aromatic rings. The van der Waals surface area contributed by atoms with E-state index in [9.17, 15) is 32.1 Å². The van der Waals surface area contributed by atoms with Crippen molar-refractivity contribution in [3.05, 3.63) is 59.7 Å². The Balaban J connectivity index is 1.76. The Labute approximate surface area is 275 Å². The van der Waals surface area contributed by atoms with Crippen LogP contribution in [-0.4, -0.2) is 66.9 Å². The highest BCUT2D eigenvalue weighted by Gasteiger charge is 2.63. The Morgan fingerprint density at radius 2 is 1.70 bits per heavy atom. The van der Waals surface area contributed by atoms with Gasteiger partial charge in [0.15, 0.2) is 0 Å². The molecule has 0 radical (unpaired) electrons. The van der Waals surface area contributed by atoms with E-state index in [0.717, 1.165) is 25.3 Å². The van der Waals surface area contributed by atoms with Crippen molar-refractivity contribution in [3.8, 4) is 0 Å². The Bertz CT molecular complexity index is 1480. The number of amides is 2. The van der Waals surface area contributed by atoms with E-state index in [1.807, 2.05) is 20.8 Å². The number of pyridine rings is 1. The third-order valence-electron chi connectivity index (χ3n) is 8.61. The molecule has 0 bridgehead atoms. The molecular weight excluding hydrogens is 640 g/mol. The molecule has 2 aliphatic rings. The van der Waals surface area contributed by atoms with Gasteiger partial charge in [-0.1, -0.05) is 18.9 Å². The highest BCUT2D eigenvalue weighted by atomic mass is 32.2. The van der Waals surface area contributed by atoms with Crippen molar-refractivity contribution >= 4 is 28.7 Å². The van der Waals surface area contributed by atoms with Crippen molar-refractivity contribution in [2.24, 2.45) is 11.3 Å². The van der Waals surface area contributed by atoms with Gasteiger partial charge in [0, 0.05) is 18.9 Å². The Hall–Kier alpha value is -3.10. The van der Waals surface area contributed by atoms with Crippen LogP contribution in [0.1, 0.15) is 84.8 Å². The highest BCUT2D eigenvalue weighted by Crippen LogP contribution is 2.48. The van der Waals surface area contributed by atoms with Crippen molar-refractivity contribution < 1.29 is 41.2 Å². The van der Waals surface area contributed by atoms with Crippen LogP contribution in [0.25, 0.3) is 0 Å². The molecule has 1 aromatic carbocycles. The maximum Gasteiger partial charge on any atom is 0.410 e. The molecule has 260 valence electrons. The summed E-state index contributed by atoms with van der Waals surface area (Å²) in [5, 5.41) is 12.3. The topological polar surface area (TPSA) is 121 Å². The van der Waals surface area contributed by atoms with Gasteiger partial charge in [0.1, 0.15) is 22.9 Å². The molecule has 14 heteroatoms. The summed E-state index contributed by atoms with van der Waals surface area (Å²) in [6.07, 6.45) is -0.535. The molecule has 0 spiro atoms. The van der Waals surface area contributed by atoms with Crippen LogP contribution in [-0.2, 0) is 26.1 Å². The van der Waals surface area contributed by atoms with Gasteiger partial charge in [-0.05, 0) is 102 Å². The second-order valence-electron chi connectivity index (χ2n) is 14.6. The van der Waals surface area contributed by atoms with Crippen LogP contribution in [0, 0.1) is 17.2 Å². The lowest BCUT2D eigenvalue weighted by Crippen LogP contribution is -2.49. The van der Waals surface area contributed by atoms with Crippen LogP contribution in [0.4, 0.5) is 28.0 Å². The van der Waals surface area contributed by atoms with Crippen molar-refractivity contribution in [1.29, 1.82) is 0 Å². The number of anilines is 1. The first-order valence-corrected chi connectivity index (χ1v) is 16.7. The van der Waals surface area contributed by atoms with E-state index in [0.29, 0.717) is 28.4 Å². The number of alkyl halides is 3. The minimum atomic E-state index is -4.96. The summed E-state index contributed by atoms with van der Waals surface area (Å²) >= 11 is 0. The lowest BCUT2D eigenvalue weighted by atomic mass is 9.79. The lowest BCUT2D eigenvalue weighted by Gasteiger charge is -2.38. The van der Waals surface area contributed by atoms with Gasteiger partial charge >= 0.3 is 12.3 Å².